The van der Waals surface area contributed by atoms with Gasteiger partial charge in [-0.2, -0.15) is 5.10 Å². The first-order valence-corrected chi connectivity index (χ1v) is 6.83. The van der Waals surface area contributed by atoms with E-state index >= 15 is 0 Å². The summed E-state index contributed by atoms with van der Waals surface area (Å²) in [7, 11) is 0. The monoisotopic (exact) mass is 320 g/mol. The van der Waals surface area contributed by atoms with Crippen LogP contribution >= 0.6 is 24.8 Å². The number of hydrogen-bond donors (Lipinski definition) is 2. The minimum atomic E-state index is 0. The Morgan fingerprint density at radius 3 is 2.55 bits per heavy atom. The molecule has 0 aliphatic carbocycles. The third-order valence-electron chi connectivity index (χ3n) is 4.18. The Morgan fingerprint density at radius 2 is 2.00 bits per heavy atom. The van der Waals surface area contributed by atoms with Crippen molar-refractivity contribution in [2.45, 2.75) is 25.2 Å². The van der Waals surface area contributed by atoms with Crippen LogP contribution in [0.5, 0.6) is 0 Å². The smallest absolute Gasteiger partial charge is 0.227 e. The first-order valence-electron chi connectivity index (χ1n) is 6.83. The van der Waals surface area contributed by atoms with E-state index in [0.717, 1.165) is 45.4 Å². The molecule has 7 heteroatoms. The van der Waals surface area contributed by atoms with Crippen LogP contribution < -0.4 is 5.32 Å². The lowest BCUT2D eigenvalue weighted by Crippen LogP contribution is -2.42. The van der Waals surface area contributed by atoms with Gasteiger partial charge < -0.3 is 10.2 Å². The Morgan fingerprint density at radius 1 is 1.25 bits per heavy atom. The molecule has 1 amide bonds. The van der Waals surface area contributed by atoms with E-state index < -0.39 is 0 Å². The maximum atomic E-state index is 12.3. The van der Waals surface area contributed by atoms with Crippen LogP contribution in [0.2, 0.25) is 0 Å². The molecule has 20 heavy (non-hydrogen) atoms. The van der Waals surface area contributed by atoms with Gasteiger partial charge in [-0.3, -0.25) is 9.89 Å². The molecule has 3 rings (SSSR count). The van der Waals surface area contributed by atoms with Crippen LogP contribution in [0.4, 0.5) is 0 Å². The fourth-order valence-electron chi connectivity index (χ4n) is 3.03. The van der Waals surface area contributed by atoms with Gasteiger partial charge in [0.1, 0.15) is 0 Å². The van der Waals surface area contributed by atoms with E-state index in [2.05, 4.69) is 15.5 Å². The number of nitrogens with one attached hydrogen (secondary N) is 2. The van der Waals surface area contributed by atoms with Gasteiger partial charge in [0.2, 0.25) is 5.91 Å². The zero-order valence-corrected chi connectivity index (χ0v) is 13.0. The van der Waals surface area contributed by atoms with Crippen molar-refractivity contribution >= 4 is 30.7 Å². The van der Waals surface area contributed by atoms with Crippen molar-refractivity contribution in [1.82, 2.24) is 20.4 Å². The van der Waals surface area contributed by atoms with Crippen LogP contribution in [-0.2, 0) is 4.79 Å². The zero-order valence-electron chi connectivity index (χ0n) is 11.4. The molecule has 2 N–H and O–H groups in total. The molecule has 0 radical (unpaired) electrons. The molecule has 2 aliphatic rings. The van der Waals surface area contributed by atoms with Crippen molar-refractivity contribution in [3.63, 3.8) is 0 Å². The SMILES string of the molecule is Cl.Cl.O=C(C1CCNC1)N1CCC(c2ccn[nH]2)CC1. The number of H-pyrrole nitrogens is 1. The number of halogens is 2. The van der Waals surface area contributed by atoms with Gasteiger partial charge in [-0.25, -0.2) is 0 Å². The van der Waals surface area contributed by atoms with Crippen molar-refractivity contribution in [2.75, 3.05) is 26.2 Å². The summed E-state index contributed by atoms with van der Waals surface area (Å²) in [5, 5.41) is 10.3. The number of carbonyl (C=O) groups is 1. The molecule has 0 aromatic carbocycles. The van der Waals surface area contributed by atoms with E-state index in [4.69, 9.17) is 0 Å². The lowest BCUT2D eigenvalue weighted by atomic mass is 9.93. The van der Waals surface area contributed by atoms with Crippen molar-refractivity contribution in [1.29, 1.82) is 0 Å². The minimum Gasteiger partial charge on any atom is -0.342 e. The Kier molecular flexibility index (Phi) is 6.79. The number of carbonyl (C=O) groups excluding carboxylic acids is 1. The van der Waals surface area contributed by atoms with Gasteiger partial charge >= 0.3 is 0 Å². The fourth-order valence-corrected chi connectivity index (χ4v) is 3.03. The van der Waals surface area contributed by atoms with Crippen molar-refractivity contribution in [2.24, 2.45) is 5.92 Å². The van der Waals surface area contributed by atoms with E-state index in [-0.39, 0.29) is 30.7 Å². The van der Waals surface area contributed by atoms with Crippen LogP contribution in [-0.4, -0.2) is 47.2 Å². The number of amides is 1. The molecule has 0 bridgehead atoms. The molecule has 2 aliphatic heterocycles. The lowest BCUT2D eigenvalue weighted by molar-refractivity contribution is -0.136. The van der Waals surface area contributed by atoms with Crippen molar-refractivity contribution < 1.29 is 4.79 Å². The minimum absolute atomic E-state index is 0. The average molecular weight is 321 g/mol. The molecule has 0 saturated carbocycles. The van der Waals surface area contributed by atoms with E-state index in [0.29, 0.717) is 11.8 Å². The van der Waals surface area contributed by atoms with Gasteiger partial charge in [0.05, 0.1) is 5.92 Å². The fraction of sp³-hybridized carbons (Fsp3) is 0.692. The highest BCUT2D eigenvalue weighted by Crippen LogP contribution is 2.27. The summed E-state index contributed by atoms with van der Waals surface area (Å²) < 4.78 is 0. The van der Waals surface area contributed by atoms with Gasteiger partial charge in [0, 0.05) is 37.4 Å². The highest BCUT2D eigenvalue weighted by Gasteiger charge is 2.30. The maximum Gasteiger partial charge on any atom is 0.227 e. The largest absolute Gasteiger partial charge is 0.342 e. The van der Waals surface area contributed by atoms with Gasteiger partial charge in [-0.1, -0.05) is 0 Å². The summed E-state index contributed by atoms with van der Waals surface area (Å²) >= 11 is 0. The van der Waals surface area contributed by atoms with E-state index in [1.807, 2.05) is 11.0 Å². The van der Waals surface area contributed by atoms with Gasteiger partial charge in [-0.05, 0) is 31.9 Å². The molecule has 1 unspecified atom stereocenters. The van der Waals surface area contributed by atoms with Gasteiger partial charge in [0.25, 0.3) is 0 Å². The first-order chi connectivity index (χ1) is 8.84. The lowest BCUT2D eigenvalue weighted by Gasteiger charge is -2.33. The van der Waals surface area contributed by atoms with Crippen LogP contribution in [0, 0.1) is 5.92 Å². The highest BCUT2D eigenvalue weighted by molar-refractivity contribution is 5.85. The van der Waals surface area contributed by atoms with E-state index in [9.17, 15) is 4.79 Å². The molecule has 1 atom stereocenters. The number of aromatic amines is 1. The third-order valence-corrected chi connectivity index (χ3v) is 4.18. The zero-order chi connectivity index (χ0) is 12.4. The van der Waals surface area contributed by atoms with Gasteiger partial charge in [-0.15, -0.1) is 24.8 Å². The normalized spacial score (nSPS) is 23.0. The van der Waals surface area contributed by atoms with E-state index in [1.54, 1.807) is 6.20 Å². The molecule has 2 saturated heterocycles. The second-order valence-electron chi connectivity index (χ2n) is 5.30. The molecule has 1 aromatic heterocycles. The topological polar surface area (TPSA) is 61.0 Å². The first kappa shape index (κ1) is 17.3. The third kappa shape index (κ3) is 3.65. The standard InChI is InChI=1S/C13H20N4O.2ClH/c18-13(11-1-5-14-9-11)17-7-3-10(4-8-17)12-2-6-15-16-12;;/h2,6,10-11,14H,1,3-5,7-9H2,(H,15,16);2*1H. The summed E-state index contributed by atoms with van der Waals surface area (Å²) in [5.41, 5.74) is 1.21. The van der Waals surface area contributed by atoms with E-state index in [1.165, 1.54) is 5.69 Å². The molecule has 0 spiro atoms. The molecule has 1 aromatic rings. The van der Waals surface area contributed by atoms with Gasteiger partial charge in [0.15, 0.2) is 0 Å². The molecular weight excluding hydrogens is 299 g/mol. The molecule has 2 fully saturated rings. The average Bonchev–Trinajstić information content (AvgIpc) is 3.11. The van der Waals surface area contributed by atoms with Crippen molar-refractivity contribution in [3.8, 4) is 0 Å². The molecule has 5 nitrogen and oxygen atoms in total. The van der Waals surface area contributed by atoms with Crippen LogP contribution in [0.15, 0.2) is 12.3 Å². The number of hydrogen-bond acceptors (Lipinski definition) is 3. The Bertz CT molecular complexity index is 399. The van der Waals surface area contributed by atoms with Crippen LogP contribution in [0.25, 0.3) is 0 Å². The number of rotatable bonds is 2. The second-order valence-corrected chi connectivity index (χ2v) is 5.30. The van der Waals surface area contributed by atoms with Crippen molar-refractivity contribution in [3.05, 3.63) is 18.0 Å². The number of piperidine rings is 1. The number of nitrogens with zero attached hydrogens (tertiary/aromatic N) is 2. The number of likely N-dealkylation sites (tertiary alicyclic amines) is 1. The molecule has 114 valence electrons. The predicted molar refractivity (Wildman–Crippen MR) is 82.6 cm³/mol. The second kappa shape index (κ2) is 7.86. The highest BCUT2D eigenvalue weighted by atomic mass is 35.5. The summed E-state index contributed by atoms with van der Waals surface area (Å²) in [6.07, 6.45) is 4.90. The summed E-state index contributed by atoms with van der Waals surface area (Å²) in [6, 6.07) is 2.04. The maximum absolute atomic E-state index is 12.3. The Labute approximate surface area is 131 Å². The molecular formula is C13H22Cl2N4O. The Balaban J connectivity index is 0.000001000. The summed E-state index contributed by atoms with van der Waals surface area (Å²) in [5.74, 6) is 1.11. The number of aromatic nitrogens is 2. The predicted octanol–water partition coefficient (Wildman–Crippen LogP) is 1.57. The summed E-state index contributed by atoms with van der Waals surface area (Å²) in [6.45, 7) is 3.62. The Hall–Kier alpha value is -0.780. The molecule has 3 heterocycles. The van der Waals surface area contributed by atoms with Crippen LogP contribution in [0.1, 0.15) is 30.9 Å². The van der Waals surface area contributed by atoms with Crippen LogP contribution in [0.3, 0.4) is 0 Å². The summed E-state index contributed by atoms with van der Waals surface area (Å²) in [4.78, 5) is 14.3. The quantitative estimate of drug-likeness (QED) is 0.869.